The van der Waals surface area contributed by atoms with E-state index in [0.717, 1.165) is 5.69 Å². The molecule has 0 bridgehead atoms. The molecule has 1 aliphatic heterocycles. The fourth-order valence-corrected chi connectivity index (χ4v) is 1.32. The van der Waals surface area contributed by atoms with E-state index < -0.39 is 0 Å². The molecule has 0 unspecified atom stereocenters. The largest absolute Gasteiger partial charge is 0.350 e. The minimum Gasteiger partial charge on any atom is -0.350 e. The van der Waals surface area contributed by atoms with E-state index in [1.165, 1.54) is 0 Å². The first-order chi connectivity index (χ1) is 7.68. The summed E-state index contributed by atoms with van der Waals surface area (Å²) in [7, 11) is 0. The summed E-state index contributed by atoms with van der Waals surface area (Å²) in [6.45, 7) is 2.39. The summed E-state index contributed by atoms with van der Waals surface area (Å²) in [6, 6.07) is 5.63. The lowest BCUT2D eigenvalue weighted by atomic mass is 10.1. The van der Waals surface area contributed by atoms with E-state index in [0.29, 0.717) is 19.4 Å². The number of nitrogens with zero attached hydrogens (tertiary/aromatic N) is 3. The molecule has 0 aliphatic carbocycles. The molecule has 1 amide bonds. The SMILES string of the molecule is CC1(CCC(=O)NCc2ccccn2)N=N1. The van der Waals surface area contributed by atoms with Crippen molar-refractivity contribution in [1.82, 2.24) is 10.3 Å². The lowest BCUT2D eigenvalue weighted by Crippen LogP contribution is -2.24. The second-order valence-corrected chi connectivity index (χ2v) is 4.01. The van der Waals surface area contributed by atoms with E-state index in [-0.39, 0.29) is 11.6 Å². The highest BCUT2D eigenvalue weighted by atomic mass is 16.1. The fraction of sp³-hybridized carbons (Fsp3) is 0.455. The van der Waals surface area contributed by atoms with Gasteiger partial charge in [0.15, 0.2) is 5.66 Å². The van der Waals surface area contributed by atoms with Gasteiger partial charge in [-0.05, 0) is 19.1 Å². The van der Waals surface area contributed by atoms with Crippen LogP contribution in [0.1, 0.15) is 25.5 Å². The Morgan fingerprint density at radius 3 is 2.88 bits per heavy atom. The Kier molecular flexibility index (Phi) is 2.94. The molecule has 0 saturated heterocycles. The first-order valence-corrected chi connectivity index (χ1v) is 5.29. The first kappa shape index (κ1) is 10.7. The van der Waals surface area contributed by atoms with Crippen molar-refractivity contribution in [2.24, 2.45) is 10.2 Å². The molecular formula is C11H14N4O. The fourth-order valence-electron chi connectivity index (χ4n) is 1.32. The van der Waals surface area contributed by atoms with Gasteiger partial charge in [-0.15, -0.1) is 0 Å². The number of nitrogens with one attached hydrogen (secondary N) is 1. The molecule has 1 N–H and O–H groups in total. The van der Waals surface area contributed by atoms with Crippen LogP contribution >= 0.6 is 0 Å². The quantitative estimate of drug-likeness (QED) is 0.816. The summed E-state index contributed by atoms with van der Waals surface area (Å²) in [6.07, 6.45) is 2.85. The van der Waals surface area contributed by atoms with Crippen LogP contribution < -0.4 is 5.32 Å². The van der Waals surface area contributed by atoms with E-state index >= 15 is 0 Å². The van der Waals surface area contributed by atoms with Crippen LogP contribution in [0.25, 0.3) is 0 Å². The normalized spacial score (nSPS) is 15.8. The Labute approximate surface area is 94.0 Å². The highest BCUT2D eigenvalue weighted by Crippen LogP contribution is 2.31. The van der Waals surface area contributed by atoms with Crippen LogP contribution in [0.15, 0.2) is 34.6 Å². The molecule has 0 aromatic carbocycles. The van der Waals surface area contributed by atoms with Gasteiger partial charge in [0.05, 0.1) is 12.2 Å². The molecule has 0 radical (unpaired) electrons. The molecule has 0 saturated carbocycles. The smallest absolute Gasteiger partial charge is 0.220 e. The number of pyridine rings is 1. The highest BCUT2D eigenvalue weighted by molar-refractivity contribution is 5.75. The van der Waals surface area contributed by atoms with Crippen LogP contribution in [0.4, 0.5) is 0 Å². The third-order valence-corrected chi connectivity index (χ3v) is 2.46. The number of hydrogen-bond acceptors (Lipinski definition) is 4. The molecule has 0 fully saturated rings. The van der Waals surface area contributed by atoms with Gasteiger partial charge in [-0.1, -0.05) is 6.07 Å². The van der Waals surface area contributed by atoms with Gasteiger partial charge in [0.1, 0.15) is 0 Å². The molecule has 1 aromatic heterocycles. The Hall–Kier alpha value is -1.78. The lowest BCUT2D eigenvalue weighted by molar-refractivity contribution is -0.121. The summed E-state index contributed by atoms with van der Waals surface area (Å²) in [5.41, 5.74) is 0.574. The molecule has 0 atom stereocenters. The standard InChI is InChI=1S/C11H14N4O/c1-11(14-15-11)6-5-10(16)13-8-9-4-2-3-7-12-9/h2-4,7H,5-6,8H2,1H3,(H,13,16). The van der Waals surface area contributed by atoms with E-state index in [4.69, 9.17) is 0 Å². The van der Waals surface area contributed by atoms with Crippen LogP contribution in [0.5, 0.6) is 0 Å². The molecular weight excluding hydrogens is 204 g/mol. The van der Waals surface area contributed by atoms with Crippen molar-refractivity contribution >= 4 is 5.91 Å². The number of carbonyl (C=O) groups excluding carboxylic acids is 1. The summed E-state index contributed by atoms with van der Waals surface area (Å²) < 4.78 is 0. The predicted molar refractivity (Wildman–Crippen MR) is 58.6 cm³/mol. The zero-order chi connectivity index (χ0) is 11.4. The number of rotatable bonds is 5. The minimum absolute atomic E-state index is 0.0178. The van der Waals surface area contributed by atoms with Crippen LogP contribution in [0.2, 0.25) is 0 Å². The van der Waals surface area contributed by atoms with Crippen molar-refractivity contribution in [2.45, 2.75) is 32.0 Å². The third kappa shape index (κ3) is 3.12. The molecule has 84 valence electrons. The number of carbonyl (C=O) groups is 1. The van der Waals surface area contributed by atoms with Gasteiger partial charge in [-0.25, -0.2) is 0 Å². The maximum Gasteiger partial charge on any atom is 0.220 e. The van der Waals surface area contributed by atoms with E-state index in [9.17, 15) is 4.79 Å². The summed E-state index contributed by atoms with van der Waals surface area (Å²) >= 11 is 0. The Morgan fingerprint density at radius 2 is 2.25 bits per heavy atom. The number of hydrogen-bond donors (Lipinski definition) is 1. The monoisotopic (exact) mass is 218 g/mol. The molecule has 1 aromatic rings. The van der Waals surface area contributed by atoms with Gasteiger partial charge >= 0.3 is 0 Å². The average Bonchev–Trinajstić information content (AvgIpc) is 3.04. The second kappa shape index (κ2) is 4.38. The molecule has 1 aliphatic rings. The van der Waals surface area contributed by atoms with E-state index in [1.807, 2.05) is 25.1 Å². The van der Waals surface area contributed by atoms with Crippen LogP contribution in [0.3, 0.4) is 0 Å². The average molecular weight is 218 g/mol. The predicted octanol–water partition coefficient (Wildman–Crippen LogP) is 1.66. The zero-order valence-corrected chi connectivity index (χ0v) is 9.18. The van der Waals surface area contributed by atoms with Crippen molar-refractivity contribution in [1.29, 1.82) is 0 Å². The molecule has 2 heterocycles. The topological polar surface area (TPSA) is 66.7 Å². The summed E-state index contributed by atoms with van der Waals surface area (Å²) in [4.78, 5) is 15.6. The van der Waals surface area contributed by atoms with E-state index in [1.54, 1.807) is 6.20 Å². The summed E-state index contributed by atoms with van der Waals surface area (Å²) in [5.74, 6) is 0.0178. The molecule has 5 nitrogen and oxygen atoms in total. The first-order valence-electron chi connectivity index (χ1n) is 5.29. The second-order valence-electron chi connectivity index (χ2n) is 4.01. The van der Waals surface area contributed by atoms with Crippen molar-refractivity contribution in [3.8, 4) is 0 Å². The van der Waals surface area contributed by atoms with Gasteiger partial charge in [-0.3, -0.25) is 9.78 Å². The molecule has 16 heavy (non-hydrogen) atoms. The van der Waals surface area contributed by atoms with Crippen LogP contribution in [-0.2, 0) is 11.3 Å². The van der Waals surface area contributed by atoms with Gasteiger partial charge in [0.25, 0.3) is 0 Å². The minimum atomic E-state index is -0.289. The highest BCUT2D eigenvalue weighted by Gasteiger charge is 2.33. The van der Waals surface area contributed by atoms with Crippen molar-refractivity contribution < 1.29 is 4.79 Å². The zero-order valence-electron chi connectivity index (χ0n) is 9.18. The van der Waals surface area contributed by atoms with Crippen LogP contribution in [0, 0.1) is 0 Å². The van der Waals surface area contributed by atoms with Gasteiger partial charge in [0, 0.05) is 19.0 Å². The maximum atomic E-state index is 11.5. The lowest BCUT2D eigenvalue weighted by Gasteiger charge is -2.05. The van der Waals surface area contributed by atoms with E-state index in [2.05, 4.69) is 20.5 Å². The third-order valence-electron chi connectivity index (χ3n) is 2.46. The van der Waals surface area contributed by atoms with Gasteiger partial charge < -0.3 is 5.32 Å². The number of aromatic nitrogens is 1. The molecule has 5 heteroatoms. The Morgan fingerprint density at radius 1 is 1.44 bits per heavy atom. The van der Waals surface area contributed by atoms with Crippen molar-refractivity contribution in [3.63, 3.8) is 0 Å². The molecule has 0 spiro atoms. The Bertz CT molecular complexity index is 396. The molecule has 2 rings (SSSR count). The van der Waals surface area contributed by atoms with Crippen LogP contribution in [-0.4, -0.2) is 16.6 Å². The summed E-state index contributed by atoms with van der Waals surface area (Å²) in [5, 5.41) is 10.5. The van der Waals surface area contributed by atoms with Crippen molar-refractivity contribution in [2.75, 3.05) is 0 Å². The van der Waals surface area contributed by atoms with Gasteiger partial charge in [0.2, 0.25) is 5.91 Å². The maximum absolute atomic E-state index is 11.5. The number of amides is 1. The van der Waals surface area contributed by atoms with Crippen molar-refractivity contribution in [3.05, 3.63) is 30.1 Å². The Balaban J connectivity index is 1.68. The van der Waals surface area contributed by atoms with Gasteiger partial charge in [-0.2, -0.15) is 10.2 Å².